The molecule has 0 saturated heterocycles. The lowest BCUT2D eigenvalue weighted by Crippen LogP contribution is -2.32. The Bertz CT molecular complexity index is 635. The third-order valence-corrected chi connectivity index (χ3v) is 3.55. The summed E-state index contributed by atoms with van der Waals surface area (Å²) >= 11 is 0. The Morgan fingerprint density at radius 3 is 2.65 bits per heavy atom. The number of benzene rings is 2. The fraction of sp³-hybridized carbons (Fsp3) is 0.250. The highest BCUT2D eigenvalue weighted by Gasteiger charge is 1.97. The maximum atomic E-state index is 11.7. The van der Waals surface area contributed by atoms with Crippen molar-refractivity contribution in [1.82, 2.24) is 10.6 Å². The molecule has 2 aromatic rings. The van der Waals surface area contributed by atoms with E-state index in [2.05, 4.69) is 41.0 Å². The summed E-state index contributed by atoms with van der Waals surface area (Å²) in [5.41, 5.74) is 3.63. The number of nitrogens with one attached hydrogen (secondary N) is 2. The van der Waals surface area contributed by atoms with E-state index in [0.717, 1.165) is 24.8 Å². The third kappa shape index (κ3) is 6.83. The molecule has 0 aliphatic rings. The summed E-state index contributed by atoms with van der Waals surface area (Å²) < 4.78 is 0. The minimum absolute atomic E-state index is 0.159. The van der Waals surface area contributed by atoms with Gasteiger partial charge < -0.3 is 10.6 Å². The van der Waals surface area contributed by atoms with Gasteiger partial charge in [-0.2, -0.15) is 0 Å². The van der Waals surface area contributed by atoms with Crippen LogP contribution in [0.4, 0.5) is 4.79 Å². The second kappa shape index (κ2) is 9.46. The average Bonchev–Trinajstić information content (AvgIpc) is 2.55. The van der Waals surface area contributed by atoms with Gasteiger partial charge in [0.2, 0.25) is 0 Å². The molecule has 0 spiro atoms. The highest BCUT2D eigenvalue weighted by molar-refractivity contribution is 5.75. The molecule has 0 radical (unpaired) electrons. The van der Waals surface area contributed by atoms with Crippen molar-refractivity contribution in [3.8, 4) is 0 Å². The topological polar surface area (TPSA) is 41.1 Å². The van der Waals surface area contributed by atoms with E-state index in [0.29, 0.717) is 6.54 Å². The summed E-state index contributed by atoms with van der Waals surface area (Å²) in [5, 5.41) is 5.59. The summed E-state index contributed by atoms with van der Waals surface area (Å²) in [7, 11) is 0. The molecule has 2 amide bonds. The summed E-state index contributed by atoms with van der Waals surface area (Å²) in [4.78, 5) is 11.7. The number of rotatable bonds is 7. The van der Waals surface area contributed by atoms with Gasteiger partial charge in [-0.05, 0) is 43.4 Å². The molecule has 0 aliphatic carbocycles. The van der Waals surface area contributed by atoms with Gasteiger partial charge in [-0.15, -0.1) is 0 Å². The lowest BCUT2D eigenvalue weighted by atomic mass is 10.1. The largest absolute Gasteiger partial charge is 0.338 e. The van der Waals surface area contributed by atoms with Crippen molar-refractivity contribution in [2.24, 2.45) is 0 Å². The number of hydrogen-bond acceptors (Lipinski definition) is 1. The van der Waals surface area contributed by atoms with Crippen LogP contribution in [-0.2, 0) is 6.42 Å². The molecule has 0 atom stereocenters. The summed E-state index contributed by atoms with van der Waals surface area (Å²) in [6, 6.07) is 18.4. The molecular weight excluding hydrogens is 284 g/mol. The predicted octanol–water partition coefficient (Wildman–Crippen LogP) is 4.29. The fourth-order valence-electron chi connectivity index (χ4n) is 2.34. The van der Waals surface area contributed by atoms with Crippen LogP contribution in [-0.4, -0.2) is 12.6 Å². The number of carbonyl (C=O) groups is 1. The maximum absolute atomic E-state index is 11.7. The van der Waals surface area contributed by atoms with Crippen LogP contribution >= 0.6 is 0 Å². The number of hydrogen-bond donors (Lipinski definition) is 2. The van der Waals surface area contributed by atoms with Gasteiger partial charge in [0.15, 0.2) is 0 Å². The Balaban J connectivity index is 1.58. The molecule has 0 fully saturated rings. The van der Waals surface area contributed by atoms with Crippen molar-refractivity contribution >= 4 is 12.1 Å². The average molecular weight is 308 g/mol. The smallest absolute Gasteiger partial charge is 0.318 e. The van der Waals surface area contributed by atoms with Gasteiger partial charge in [0.25, 0.3) is 0 Å². The van der Waals surface area contributed by atoms with Crippen LogP contribution in [0.3, 0.4) is 0 Å². The first kappa shape index (κ1) is 16.8. The third-order valence-electron chi connectivity index (χ3n) is 3.55. The Hall–Kier alpha value is -2.55. The quantitative estimate of drug-likeness (QED) is 0.736. The molecule has 0 heterocycles. The van der Waals surface area contributed by atoms with Crippen molar-refractivity contribution in [3.63, 3.8) is 0 Å². The van der Waals surface area contributed by atoms with Gasteiger partial charge in [0.05, 0.1) is 0 Å². The Morgan fingerprint density at radius 1 is 1.04 bits per heavy atom. The van der Waals surface area contributed by atoms with E-state index in [1.165, 1.54) is 11.1 Å². The zero-order chi connectivity index (χ0) is 16.3. The monoisotopic (exact) mass is 308 g/mol. The molecule has 2 N–H and O–H groups in total. The number of amides is 2. The first-order valence-electron chi connectivity index (χ1n) is 8.05. The molecule has 0 aromatic heterocycles. The van der Waals surface area contributed by atoms with E-state index in [1.54, 1.807) is 6.20 Å². The molecule has 0 aliphatic heterocycles. The van der Waals surface area contributed by atoms with E-state index in [9.17, 15) is 4.79 Å². The van der Waals surface area contributed by atoms with Crippen molar-refractivity contribution in [1.29, 1.82) is 0 Å². The van der Waals surface area contributed by atoms with E-state index in [1.807, 2.05) is 37.3 Å². The molecule has 0 bridgehead atoms. The zero-order valence-electron chi connectivity index (χ0n) is 13.6. The molecule has 3 nitrogen and oxygen atoms in total. The van der Waals surface area contributed by atoms with Gasteiger partial charge in [-0.1, -0.05) is 60.2 Å². The lowest BCUT2D eigenvalue weighted by Gasteiger charge is -2.05. The Kier molecular flexibility index (Phi) is 6.92. The number of unbranched alkanes of at least 4 members (excludes halogenated alkanes) is 1. The van der Waals surface area contributed by atoms with Gasteiger partial charge in [0.1, 0.15) is 0 Å². The SMILES string of the molecule is Cc1cccc(/C=C/NC(=O)NCCCCc2ccccc2)c1. The van der Waals surface area contributed by atoms with E-state index < -0.39 is 0 Å². The van der Waals surface area contributed by atoms with Crippen LogP contribution < -0.4 is 10.6 Å². The molecule has 2 rings (SSSR count). The Labute approximate surface area is 138 Å². The van der Waals surface area contributed by atoms with Gasteiger partial charge in [-0.3, -0.25) is 0 Å². The second-order valence-corrected chi connectivity index (χ2v) is 5.59. The van der Waals surface area contributed by atoms with Crippen LogP contribution in [0.15, 0.2) is 60.8 Å². The Morgan fingerprint density at radius 2 is 1.87 bits per heavy atom. The van der Waals surface area contributed by atoms with Crippen molar-refractivity contribution in [3.05, 3.63) is 77.5 Å². The number of carbonyl (C=O) groups excluding carboxylic acids is 1. The van der Waals surface area contributed by atoms with Crippen LogP contribution in [0, 0.1) is 6.92 Å². The minimum Gasteiger partial charge on any atom is -0.338 e. The van der Waals surface area contributed by atoms with E-state index >= 15 is 0 Å². The van der Waals surface area contributed by atoms with Crippen molar-refractivity contribution < 1.29 is 4.79 Å². The number of urea groups is 1. The fourth-order valence-corrected chi connectivity index (χ4v) is 2.34. The normalized spacial score (nSPS) is 10.7. The zero-order valence-corrected chi connectivity index (χ0v) is 13.6. The maximum Gasteiger partial charge on any atom is 0.318 e. The number of aryl methyl sites for hydroxylation is 2. The van der Waals surface area contributed by atoms with Gasteiger partial charge in [-0.25, -0.2) is 4.79 Å². The van der Waals surface area contributed by atoms with Crippen LogP contribution in [0.2, 0.25) is 0 Å². The molecular formula is C20H24N2O. The summed E-state index contributed by atoms with van der Waals surface area (Å²) in [5.74, 6) is 0. The molecule has 2 aromatic carbocycles. The highest BCUT2D eigenvalue weighted by atomic mass is 16.2. The van der Waals surface area contributed by atoms with Crippen molar-refractivity contribution in [2.75, 3.05) is 6.54 Å². The second-order valence-electron chi connectivity index (χ2n) is 5.59. The van der Waals surface area contributed by atoms with Gasteiger partial charge in [0, 0.05) is 12.7 Å². The highest BCUT2D eigenvalue weighted by Crippen LogP contribution is 2.05. The summed E-state index contributed by atoms with van der Waals surface area (Å²) in [6.07, 6.45) is 6.67. The molecule has 0 unspecified atom stereocenters. The molecule has 120 valence electrons. The minimum atomic E-state index is -0.159. The van der Waals surface area contributed by atoms with Crippen molar-refractivity contribution in [2.45, 2.75) is 26.2 Å². The molecule has 23 heavy (non-hydrogen) atoms. The van der Waals surface area contributed by atoms with E-state index in [-0.39, 0.29) is 6.03 Å². The predicted molar refractivity (Wildman–Crippen MR) is 96.1 cm³/mol. The van der Waals surface area contributed by atoms with Crippen LogP contribution in [0.25, 0.3) is 6.08 Å². The van der Waals surface area contributed by atoms with Crippen LogP contribution in [0.5, 0.6) is 0 Å². The first-order chi connectivity index (χ1) is 11.2. The molecule has 0 saturated carbocycles. The van der Waals surface area contributed by atoms with Gasteiger partial charge >= 0.3 is 6.03 Å². The standard InChI is InChI=1S/C20H24N2O/c1-17-8-7-12-19(16-17)13-15-22-20(23)21-14-6-5-11-18-9-3-2-4-10-18/h2-4,7-10,12-13,15-16H,5-6,11,14H2,1H3,(H2,21,22,23)/b15-13+. The first-order valence-corrected chi connectivity index (χ1v) is 8.05. The molecule has 3 heteroatoms. The lowest BCUT2D eigenvalue weighted by molar-refractivity contribution is 0.244. The van der Waals surface area contributed by atoms with E-state index in [4.69, 9.17) is 0 Å². The summed E-state index contributed by atoms with van der Waals surface area (Å²) in [6.45, 7) is 2.74. The van der Waals surface area contributed by atoms with Crippen LogP contribution in [0.1, 0.15) is 29.5 Å².